The summed E-state index contributed by atoms with van der Waals surface area (Å²) in [6, 6.07) is 13.3. The van der Waals surface area contributed by atoms with E-state index in [4.69, 9.17) is 9.47 Å². The summed E-state index contributed by atoms with van der Waals surface area (Å²) in [5, 5.41) is 0. The summed E-state index contributed by atoms with van der Waals surface area (Å²) in [4.78, 5) is 23.7. The molecule has 120 valence electrons. The SMILES string of the molecule is COC(=O)c1ccc(O[C@@H](C)C(=O)c2ccc(OC)cc2)cc1. The number of ether oxygens (including phenoxy) is 3. The zero-order valence-electron chi connectivity index (χ0n) is 13.2. The van der Waals surface area contributed by atoms with Gasteiger partial charge in [0.25, 0.3) is 0 Å². The highest BCUT2D eigenvalue weighted by Gasteiger charge is 2.17. The molecular formula is C18H18O5. The third-order valence-corrected chi connectivity index (χ3v) is 3.33. The Morgan fingerprint density at radius 2 is 1.35 bits per heavy atom. The number of benzene rings is 2. The largest absolute Gasteiger partial charge is 0.497 e. The van der Waals surface area contributed by atoms with Crippen LogP contribution in [0.25, 0.3) is 0 Å². The summed E-state index contributed by atoms with van der Waals surface area (Å²) in [6.45, 7) is 1.68. The van der Waals surface area contributed by atoms with Crippen molar-refractivity contribution in [1.82, 2.24) is 0 Å². The molecule has 0 radical (unpaired) electrons. The van der Waals surface area contributed by atoms with Gasteiger partial charge in [0.15, 0.2) is 6.10 Å². The van der Waals surface area contributed by atoms with Crippen LogP contribution in [-0.2, 0) is 4.74 Å². The second-order valence-corrected chi connectivity index (χ2v) is 4.87. The van der Waals surface area contributed by atoms with Gasteiger partial charge in [-0.25, -0.2) is 4.79 Å². The molecule has 0 aromatic heterocycles. The predicted octanol–water partition coefficient (Wildman–Crippen LogP) is 3.13. The zero-order chi connectivity index (χ0) is 16.8. The van der Waals surface area contributed by atoms with Crippen molar-refractivity contribution < 1.29 is 23.8 Å². The van der Waals surface area contributed by atoms with Gasteiger partial charge in [0, 0.05) is 5.56 Å². The van der Waals surface area contributed by atoms with Gasteiger partial charge in [-0.3, -0.25) is 4.79 Å². The normalized spacial score (nSPS) is 11.4. The molecule has 0 heterocycles. The van der Waals surface area contributed by atoms with Gasteiger partial charge >= 0.3 is 5.97 Å². The lowest BCUT2D eigenvalue weighted by molar-refractivity contribution is 0.0600. The van der Waals surface area contributed by atoms with Crippen LogP contribution in [0.3, 0.4) is 0 Å². The molecule has 0 saturated carbocycles. The fraction of sp³-hybridized carbons (Fsp3) is 0.222. The molecule has 0 N–H and O–H groups in total. The Hall–Kier alpha value is -2.82. The van der Waals surface area contributed by atoms with E-state index < -0.39 is 12.1 Å². The van der Waals surface area contributed by atoms with Crippen molar-refractivity contribution in [1.29, 1.82) is 0 Å². The summed E-state index contributed by atoms with van der Waals surface area (Å²) in [6.07, 6.45) is -0.646. The van der Waals surface area contributed by atoms with Gasteiger partial charge in [-0.05, 0) is 55.5 Å². The molecule has 0 fully saturated rings. The second-order valence-electron chi connectivity index (χ2n) is 4.87. The lowest BCUT2D eigenvalue weighted by Gasteiger charge is -2.14. The van der Waals surface area contributed by atoms with Crippen molar-refractivity contribution in [3.63, 3.8) is 0 Å². The Morgan fingerprint density at radius 1 is 0.826 bits per heavy atom. The van der Waals surface area contributed by atoms with E-state index in [1.54, 1.807) is 62.6 Å². The molecular weight excluding hydrogens is 296 g/mol. The Labute approximate surface area is 134 Å². The first kappa shape index (κ1) is 16.5. The fourth-order valence-electron chi connectivity index (χ4n) is 2.04. The Bertz CT molecular complexity index is 674. The van der Waals surface area contributed by atoms with Crippen LogP contribution in [0, 0.1) is 0 Å². The Balaban J connectivity index is 2.03. The number of hydrogen-bond donors (Lipinski definition) is 0. The maximum absolute atomic E-state index is 12.3. The van der Waals surface area contributed by atoms with Gasteiger partial charge in [-0.1, -0.05) is 0 Å². The van der Waals surface area contributed by atoms with Crippen LogP contribution in [0.5, 0.6) is 11.5 Å². The molecule has 2 aromatic carbocycles. The van der Waals surface area contributed by atoms with Gasteiger partial charge in [-0.15, -0.1) is 0 Å². The number of hydrogen-bond acceptors (Lipinski definition) is 5. The van der Waals surface area contributed by atoms with Crippen molar-refractivity contribution in [3.05, 3.63) is 59.7 Å². The van der Waals surface area contributed by atoms with E-state index in [2.05, 4.69) is 4.74 Å². The summed E-state index contributed by atoms with van der Waals surface area (Å²) >= 11 is 0. The molecule has 0 spiro atoms. The first-order chi connectivity index (χ1) is 11.0. The lowest BCUT2D eigenvalue weighted by atomic mass is 10.1. The van der Waals surface area contributed by atoms with E-state index in [9.17, 15) is 9.59 Å². The van der Waals surface area contributed by atoms with Crippen molar-refractivity contribution in [2.45, 2.75) is 13.0 Å². The maximum Gasteiger partial charge on any atom is 0.337 e. The summed E-state index contributed by atoms with van der Waals surface area (Å²) in [5.74, 6) is 0.643. The molecule has 2 rings (SSSR count). The van der Waals surface area contributed by atoms with E-state index in [-0.39, 0.29) is 5.78 Å². The molecule has 0 unspecified atom stereocenters. The van der Waals surface area contributed by atoms with Crippen LogP contribution in [0.15, 0.2) is 48.5 Å². The first-order valence-electron chi connectivity index (χ1n) is 7.08. The minimum atomic E-state index is -0.646. The van der Waals surface area contributed by atoms with E-state index >= 15 is 0 Å². The Kier molecular flexibility index (Phi) is 5.36. The van der Waals surface area contributed by atoms with Gasteiger partial charge in [0.05, 0.1) is 19.8 Å². The van der Waals surface area contributed by atoms with Crippen molar-refractivity contribution in [3.8, 4) is 11.5 Å². The van der Waals surface area contributed by atoms with Crippen molar-refractivity contribution in [2.75, 3.05) is 14.2 Å². The number of carbonyl (C=O) groups excluding carboxylic acids is 2. The Morgan fingerprint density at radius 3 is 1.87 bits per heavy atom. The summed E-state index contributed by atoms with van der Waals surface area (Å²) in [5.41, 5.74) is 0.971. The van der Waals surface area contributed by atoms with Crippen LogP contribution in [0.4, 0.5) is 0 Å². The summed E-state index contributed by atoms with van der Waals surface area (Å²) in [7, 11) is 2.89. The molecule has 0 saturated heterocycles. The van der Waals surface area contributed by atoms with Crippen LogP contribution in [0.1, 0.15) is 27.6 Å². The average molecular weight is 314 g/mol. The highest BCUT2D eigenvalue weighted by Crippen LogP contribution is 2.18. The third-order valence-electron chi connectivity index (χ3n) is 3.33. The minimum Gasteiger partial charge on any atom is -0.497 e. The summed E-state index contributed by atoms with van der Waals surface area (Å²) < 4.78 is 15.3. The topological polar surface area (TPSA) is 61.8 Å². The lowest BCUT2D eigenvalue weighted by Crippen LogP contribution is -2.23. The molecule has 5 nitrogen and oxygen atoms in total. The van der Waals surface area contributed by atoms with Gasteiger partial charge in [0.1, 0.15) is 11.5 Å². The monoisotopic (exact) mass is 314 g/mol. The molecule has 23 heavy (non-hydrogen) atoms. The number of rotatable bonds is 6. The molecule has 0 amide bonds. The first-order valence-corrected chi connectivity index (χ1v) is 7.08. The predicted molar refractivity (Wildman–Crippen MR) is 85.2 cm³/mol. The molecule has 0 bridgehead atoms. The second kappa shape index (κ2) is 7.45. The third kappa shape index (κ3) is 4.10. The van der Waals surface area contributed by atoms with E-state index in [1.165, 1.54) is 7.11 Å². The zero-order valence-corrected chi connectivity index (χ0v) is 13.2. The standard InChI is InChI=1S/C18H18O5/c1-12(17(19)13-4-8-15(21-2)9-5-13)23-16-10-6-14(7-11-16)18(20)22-3/h4-12H,1-3H3/t12-/m0/s1. The number of esters is 1. The van der Waals surface area contributed by atoms with E-state index in [0.29, 0.717) is 22.6 Å². The fourth-order valence-corrected chi connectivity index (χ4v) is 2.04. The van der Waals surface area contributed by atoms with Crippen LogP contribution in [0.2, 0.25) is 0 Å². The number of ketones is 1. The van der Waals surface area contributed by atoms with Crippen molar-refractivity contribution in [2.24, 2.45) is 0 Å². The van der Waals surface area contributed by atoms with E-state index in [1.807, 2.05) is 0 Å². The molecule has 0 aliphatic rings. The highest BCUT2D eigenvalue weighted by molar-refractivity contribution is 5.99. The van der Waals surface area contributed by atoms with Crippen LogP contribution < -0.4 is 9.47 Å². The quantitative estimate of drug-likeness (QED) is 0.605. The molecule has 1 atom stereocenters. The van der Waals surface area contributed by atoms with Crippen molar-refractivity contribution >= 4 is 11.8 Å². The van der Waals surface area contributed by atoms with Crippen LogP contribution in [-0.4, -0.2) is 32.1 Å². The smallest absolute Gasteiger partial charge is 0.337 e. The van der Waals surface area contributed by atoms with Crippen LogP contribution >= 0.6 is 0 Å². The average Bonchev–Trinajstić information content (AvgIpc) is 2.61. The molecule has 0 aliphatic heterocycles. The number of carbonyl (C=O) groups is 2. The minimum absolute atomic E-state index is 0.135. The molecule has 5 heteroatoms. The van der Waals surface area contributed by atoms with Gasteiger partial charge in [-0.2, -0.15) is 0 Å². The molecule has 0 aliphatic carbocycles. The maximum atomic E-state index is 12.3. The van der Waals surface area contributed by atoms with Gasteiger partial charge in [0.2, 0.25) is 5.78 Å². The number of methoxy groups -OCH3 is 2. The highest BCUT2D eigenvalue weighted by atomic mass is 16.5. The van der Waals surface area contributed by atoms with E-state index in [0.717, 1.165) is 0 Å². The molecule has 2 aromatic rings. The number of Topliss-reactive ketones (excluding diaryl/α,β-unsaturated/α-hetero) is 1. The van der Waals surface area contributed by atoms with Gasteiger partial charge < -0.3 is 14.2 Å².